The first kappa shape index (κ1) is 25.3. The van der Waals surface area contributed by atoms with Gasteiger partial charge in [-0.3, -0.25) is 9.78 Å². The van der Waals surface area contributed by atoms with E-state index in [1.165, 1.54) is 6.08 Å². The van der Waals surface area contributed by atoms with E-state index in [-0.39, 0.29) is 5.91 Å². The molecule has 0 saturated carbocycles. The van der Waals surface area contributed by atoms with Crippen LogP contribution in [-0.2, 0) is 4.79 Å². The lowest BCUT2D eigenvalue weighted by Gasteiger charge is -2.13. The van der Waals surface area contributed by atoms with E-state index in [9.17, 15) is 4.79 Å². The smallest absolute Gasteiger partial charge is 0.248 e. The van der Waals surface area contributed by atoms with Crippen LogP contribution in [0.3, 0.4) is 0 Å². The predicted molar refractivity (Wildman–Crippen MR) is 154 cm³/mol. The number of nitrogens with one attached hydrogen (secondary N) is 4. The molecule has 38 heavy (non-hydrogen) atoms. The van der Waals surface area contributed by atoms with Gasteiger partial charge < -0.3 is 26.2 Å². The molecule has 0 spiro atoms. The third-order valence-electron chi connectivity index (χ3n) is 6.23. The van der Waals surface area contributed by atoms with Crippen molar-refractivity contribution in [3.8, 4) is 11.3 Å². The summed E-state index contributed by atoms with van der Waals surface area (Å²) in [6.45, 7) is 2.74. The maximum atomic E-state index is 12.3. The maximum absolute atomic E-state index is 12.3. The molecular weight excluding hydrogens is 476 g/mol. The van der Waals surface area contributed by atoms with E-state index in [0.717, 1.165) is 47.4 Å². The van der Waals surface area contributed by atoms with E-state index >= 15 is 0 Å². The zero-order valence-electron chi connectivity index (χ0n) is 21.6. The zero-order valence-corrected chi connectivity index (χ0v) is 21.6. The van der Waals surface area contributed by atoms with Gasteiger partial charge in [0.05, 0.1) is 11.2 Å². The Labute approximate surface area is 222 Å². The largest absolute Gasteiger partial charge is 0.381 e. The first-order chi connectivity index (χ1) is 18.5. The highest BCUT2D eigenvalue weighted by atomic mass is 16.1. The van der Waals surface area contributed by atoms with Gasteiger partial charge in [0, 0.05) is 65.6 Å². The lowest BCUT2D eigenvalue weighted by molar-refractivity contribution is -0.111. The summed E-state index contributed by atoms with van der Waals surface area (Å²) in [6, 6.07) is 18.2. The number of hydrogen-bond acceptors (Lipinski definition) is 8. The topological polar surface area (TPSA) is 107 Å². The van der Waals surface area contributed by atoms with Gasteiger partial charge in [-0.15, -0.1) is 0 Å². The molecule has 9 heteroatoms. The van der Waals surface area contributed by atoms with Gasteiger partial charge in [-0.2, -0.15) is 0 Å². The first-order valence-corrected chi connectivity index (χ1v) is 12.7. The number of amides is 1. The third-order valence-corrected chi connectivity index (χ3v) is 6.23. The van der Waals surface area contributed by atoms with E-state index < -0.39 is 0 Å². The highest BCUT2D eigenvalue weighted by Gasteiger charge is 2.14. The number of para-hydroxylation sites is 1. The average molecular weight is 509 g/mol. The molecule has 0 aliphatic carbocycles. The lowest BCUT2D eigenvalue weighted by atomic mass is 10.1. The molecule has 0 radical (unpaired) electrons. The quantitative estimate of drug-likeness (QED) is 0.249. The molecule has 9 nitrogen and oxygen atoms in total. The van der Waals surface area contributed by atoms with Crippen molar-refractivity contribution in [3.05, 3.63) is 79.1 Å². The second-order valence-electron chi connectivity index (χ2n) is 9.56. The van der Waals surface area contributed by atoms with Gasteiger partial charge in [-0.25, -0.2) is 9.97 Å². The van der Waals surface area contributed by atoms with Crippen LogP contribution in [0.4, 0.5) is 23.0 Å². The molecule has 1 saturated heterocycles. The number of likely N-dealkylation sites (N-methyl/N-ethyl adjacent to an activating group) is 1. The fourth-order valence-corrected chi connectivity index (χ4v) is 4.33. The number of benzene rings is 2. The number of anilines is 4. The number of carbonyl (C=O) groups is 1. The standard InChI is InChI=1S/C29H32N8O/c1-37(2)16-4-7-27(38)34-23-13-15-31-26(17-23)25-6-3-5-20-18-32-29(36-28(20)25)35-22-10-8-21(9-11-22)33-24-12-14-30-19-24/h3-11,13,15,17-18,24,30,33H,12,14,16,19H2,1-2H3,(H,31,34,38)(H,32,35,36)/b7-4+. The molecule has 5 rings (SSSR count). The fraction of sp³-hybridized carbons (Fsp3) is 0.241. The van der Waals surface area contributed by atoms with Crippen LogP contribution in [0.5, 0.6) is 0 Å². The first-order valence-electron chi connectivity index (χ1n) is 12.7. The summed E-state index contributed by atoms with van der Waals surface area (Å²) in [6.07, 6.45) is 7.98. The summed E-state index contributed by atoms with van der Waals surface area (Å²) in [7, 11) is 3.91. The van der Waals surface area contributed by atoms with Crippen molar-refractivity contribution in [1.82, 2.24) is 25.2 Å². The highest BCUT2D eigenvalue weighted by Crippen LogP contribution is 2.28. The van der Waals surface area contributed by atoms with E-state index in [1.807, 2.05) is 61.5 Å². The van der Waals surface area contributed by atoms with Gasteiger partial charge in [0.25, 0.3) is 0 Å². The number of hydrogen-bond donors (Lipinski definition) is 4. The van der Waals surface area contributed by atoms with Crippen molar-refractivity contribution in [2.24, 2.45) is 0 Å². The number of fused-ring (bicyclic) bond motifs is 1. The van der Waals surface area contributed by atoms with E-state index in [4.69, 9.17) is 4.98 Å². The molecule has 1 aliphatic rings. The number of aromatic nitrogens is 3. The minimum absolute atomic E-state index is 0.183. The van der Waals surface area contributed by atoms with Crippen molar-refractivity contribution < 1.29 is 4.79 Å². The predicted octanol–water partition coefficient (Wildman–Crippen LogP) is 4.27. The Morgan fingerprint density at radius 2 is 1.92 bits per heavy atom. The molecule has 4 aromatic rings. The van der Waals surface area contributed by atoms with Gasteiger partial charge in [0.15, 0.2) is 0 Å². The SMILES string of the molecule is CN(C)C/C=C/C(=O)Nc1ccnc(-c2cccc3cnc(Nc4ccc(NC5CCNC5)cc4)nc23)c1. The van der Waals surface area contributed by atoms with Gasteiger partial charge in [0.1, 0.15) is 0 Å². The Morgan fingerprint density at radius 3 is 2.71 bits per heavy atom. The van der Waals surface area contributed by atoms with Crippen LogP contribution in [0.25, 0.3) is 22.2 Å². The third kappa shape index (κ3) is 6.50. The molecule has 0 bridgehead atoms. The van der Waals surface area contributed by atoms with Gasteiger partial charge in [-0.1, -0.05) is 24.3 Å². The van der Waals surface area contributed by atoms with Crippen molar-refractivity contribution >= 4 is 39.8 Å². The average Bonchev–Trinajstić information content (AvgIpc) is 3.42. The van der Waals surface area contributed by atoms with Crippen molar-refractivity contribution in [2.75, 3.05) is 49.7 Å². The van der Waals surface area contributed by atoms with Crippen LogP contribution >= 0.6 is 0 Å². The summed E-state index contributed by atoms with van der Waals surface area (Å²) in [5.41, 5.74) is 5.02. The van der Waals surface area contributed by atoms with Crippen molar-refractivity contribution in [2.45, 2.75) is 12.5 Å². The molecule has 2 aromatic carbocycles. The molecular formula is C29H32N8O. The van der Waals surface area contributed by atoms with Crippen LogP contribution in [0.15, 0.2) is 79.1 Å². The Bertz CT molecular complexity index is 1430. The molecule has 1 atom stereocenters. The second-order valence-corrected chi connectivity index (χ2v) is 9.56. The highest BCUT2D eigenvalue weighted by molar-refractivity contribution is 6.00. The van der Waals surface area contributed by atoms with Crippen LogP contribution in [0.1, 0.15) is 6.42 Å². The zero-order chi connectivity index (χ0) is 26.3. The van der Waals surface area contributed by atoms with Crippen LogP contribution in [0.2, 0.25) is 0 Å². The fourth-order valence-electron chi connectivity index (χ4n) is 4.33. The second kappa shape index (κ2) is 11.8. The number of rotatable bonds is 9. The summed E-state index contributed by atoms with van der Waals surface area (Å²) >= 11 is 0. The molecule has 1 amide bonds. The maximum Gasteiger partial charge on any atom is 0.248 e. The van der Waals surface area contributed by atoms with Crippen molar-refractivity contribution in [3.63, 3.8) is 0 Å². The summed E-state index contributed by atoms with van der Waals surface area (Å²) in [5.74, 6) is 0.318. The monoisotopic (exact) mass is 508 g/mol. The summed E-state index contributed by atoms with van der Waals surface area (Å²) in [5, 5.41) is 14.0. The number of pyridine rings is 1. The lowest BCUT2D eigenvalue weighted by Crippen LogP contribution is -2.21. The Hall–Kier alpha value is -4.34. The normalized spacial score (nSPS) is 15.3. The van der Waals surface area contributed by atoms with Crippen LogP contribution in [-0.4, -0.2) is 65.5 Å². The minimum atomic E-state index is -0.183. The molecule has 194 valence electrons. The molecule has 1 aliphatic heterocycles. The van der Waals surface area contributed by atoms with Gasteiger partial charge >= 0.3 is 0 Å². The molecule has 4 N–H and O–H groups in total. The van der Waals surface area contributed by atoms with Crippen LogP contribution < -0.4 is 21.3 Å². The van der Waals surface area contributed by atoms with Crippen LogP contribution in [0, 0.1) is 0 Å². The molecule has 1 unspecified atom stereocenters. The number of nitrogens with zero attached hydrogens (tertiary/aromatic N) is 4. The van der Waals surface area contributed by atoms with Gasteiger partial charge in [0.2, 0.25) is 11.9 Å². The molecule has 2 aromatic heterocycles. The van der Waals surface area contributed by atoms with Crippen molar-refractivity contribution in [1.29, 1.82) is 0 Å². The Kier molecular flexibility index (Phi) is 7.86. The number of carbonyl (C=O) groups excluding carboxylic acids is 1. The van der Waals surface area contributed by atoms with E-state index in [2.05, 4.69) is 43.4 Å². The molecule has 1 fully saturated rings. The van der Waals surface area contributed by atoms with E-state index in [0.29, 0.717) is 29.9 Å². The molecule has 3 heterocycles. The summed E-state index contributed by atoms with van der Waals surface area (Å²) in [4.78, 5) is 28.2. The van der Waals surface area contributed by atoms with Gasteiger partial charge in [-0.05, 0) is 63.5 Å². The summed E-state index contributed by atoms with van der Waals surface area (Å²) < 4.78 is 0. The van der Waals surface area contributed by atoms with E-state index in [1.54, 1.807) is 18.5 Å². The Balaban J connectivity index is 1.33. The minimum Gasteiger partial charge on any atom is -0.381 e. The Morgan fingerprint density at radius 1 is 1.08 bits per heavy atom.